The van der Waals surface area contributed by atoms with Gasteiger partial charge in [-0.15, -0.1) is 0 Å². The minimum atomic E-state index is 0.486. The highest BCUT2D eigenvalue weighted by Gasteiger charge is 2.51. The van der Waals surface area contributed by atoms with Gasteiger partial charge in [0.15, 0.2) is 0 Å². The minimum absolute atomic E-state index is 0.486. The van der Waals surface area contributed by atoms with Gasteiger partial charge >= 0.3 is 0 Å². The molecule has 1 aromatic carbocycles. The number of likely N-dealkylation sites (tertiary alicyclic amines) is 1. The van der Waals surface area contributed by atoms with Gasteiger partial charge in [0.05, 0.1) is 0 Å². The summed E-state index contributed by atoms with van der Waals surface area (Å²) in [7, 11) is 2.30. The molecule has 1 aliphatic heterocycles. The number of hydrogen-bond acceptors (Lipinski definition) is 1. The summed E-state index contributed by atoms with van der Waals surface area (Å²) in [5, 5.41) is 0. The van der Waals surface area contributed by atoms with Crippen molar-refractivity contribution in [2.45, 2.75) is 44.1 Å². The Morgan fingerprint density at radius 2 is 2.19 bits per heavy atom. The third-order valence-electron chi connectivity index (χ3n) is 4.74. The van der Waals surface area contributed by atoms with Crippen LogP contribution < -0.4 is 0 Å². The van der Waals surface area contributed by atoms with Crippen molar-refractivity contribution in [2.24, 2.45) is 0 Å². The van der Waals surface area contributed by atoms with E-state index in [0.29, 0.717) is 5.41 Å². The molecule has 0 saturated carbocycles. The molecule has 1 aromatic rings. The fourth-order valence-corrected chi connectivity index (χ4v) is 4.05. The predicted octanol–water partition coefficient (Wildman–Crippen LogP) is 2.98. The average molecular weight is 215 g/mol. The van der Waals surface area contributed by atoms with E-state index in [1.807, 2.05) is 0 Å². The Kier molecular flexibility index (Phi) is 2.32. The number of nitrogens with zero attached hydrogens (tertiary/aromatic N) is 1. The number of hydrogen-bond donors (Lipinski definition) is 0. The Morgan fingerprint density at radius 1 is 1.38 bits per heavy atom. The van der Waals surface area contributed by atoms with E-state index in [4.69, 9.17) is 0 Å². The number of likely N-dealkylation sites (N-methyl/N-ethyl adjacent to an activating group) is 1. The van der Waals surface area contributed by atoms with Gasteiger partial charge in [-0.2, -0.15) is 0 Å². The maximum Gasteiger partial charge on any atom is 0.0230 e. The Morgan fingerprint density at radius 3 is 3.00 bits per heavy atom. The van der Waals surface area contributed by atoms with E-state index in [-0.39, 0.29) is 0 Å². The molecule has 0 amide bonds. The molecule has 3 rings (SSSR count). The highest BCUT2D eigenvalue weighted by molar-refractivity contribution is 5.43. The summed E-state index contributed by atoms with van der Waals surface area (Å²) in [6.07, 6.45) is 5.30. The molecule has 1 fully saturated rings. The monoisotopic (exact) mass is 215 g/mol. The molecular formula is C15H21N. The van der Waals surface area contributed by atoms with E-state index in [1.165, 1.54) is 32.2 Å². The van der Waals surface area contributed by atoms with Crippen molar-refractivity contribution >= 4 is 0 Å². The standard InChI is InChI=1S/C15H21N/c1-3-8-15-9-10-16(2)14(15)11-12-6-4-5-7-13(12)15/h4-7,14H,3,8-11H2,1-2H3. The molecule has 1 heteroatoms. The first-order valence-corrected chi connectivity index (χ1v) is 6.56. The second-order valence-electron chi connectivity index (χ2n) is 5.51. The van der Waals surface area contributed by atoms with E-state index >= 15 is 0 Å². The number of benzene rings is 1. The fraction of sp³-hybridized carbons (Fsp3) is 0.600. The van der Waals surface area contributed by atoms with E-state index in [2.05, 4.69) is 43.1 Å². The molecule has 1 heterocycles. The molecule has 0 spiro atoms. The molecule has 0 N–H and O–H groups in total. The fourth-order valence-electron chi connectivity index (χ4n) is 4.05. The van der Waals surface area contributed by atoms with E-state index in [1.54, 1.807) is 11.1 Å². The van der Waals surface area contributed by atoms with Crippen molar-refractivity contribution in [3.8, 4) is 0 Å². The summed E-state index contributed by atoms with van der Waals surface area (Å²) in [6, 6.07) is 9.89. The van der Waals surface area contributed by atoms with Crippen molar-refractivity contribution in [1.29, 1.82) is 0 Å². The quantitative estimate of drug-likeness (QED) is 0.733. The lowest BCUT2D eigenvalue weighted by atomic mass is 9.75. The third-order valence-corrected chi connectivity index (χ3v) is 4.74. The SMILES string of the molecule is CCCC12CCN(C)C1Cc1ccccc12. The van der Waals surface area contributed by atoms with Crippen molar-refractivity contribution in [2.75, 3.05) is 13.6 Å². The Hall–Kier alpha value is -0.820. The van der Waals surface area contributed by atoms with Crippen LogP contribution in [0.1, 0.15) is 37.3 Å². The summed E-state index contributed by atoms with van der Waals surface area (Å²) >= 11 is 0. The van der Waals surface area contributed by atoms with Gasteiger partial charge in [0.2, 0.25) is 0 Å². The first kappa shape index (κ1) is 10.3. The van der Waals surface area contributed by atoms with Crippen molar-refractivity contribution in [1.82, 2.24) is 4.90 Å². The summed E-state index contributed by atoms with van der Waals surface area (Å²) in [6.45, 7) is 3.60. The molecule has 0 radical (unpaired) electrons. The molecule has 2 atom stereocenters. The summed E-state index contributed by atoms with van der Waals surface area (Å²) in [5.41, 5.74) is 3.75. The van der Waals surface area contributed by atoms with Gasteiger partial charge in [0, 0.05) is 11.5 Å². The van der Waals surface area contributed by atoms with Gasteiger partial charge in [0.1, 0.15) is 0 Å². The van der Waals surface area contributed by atoms with Crippen LogP contribution in [0.25, 0.3) is 0 Å². The average Bonchev–Trinajstić information content (AvgIpc) is 2.77. The second-order valence-corrected chi connectivity index (χ2v) is 5.51. The zero-order chi connectivity index (χ0) is 11.2. The van der Waals surface area contributed by atoms with Crippen LogP contribution in [0.2, 0.25) is 0 Å². The Labute approximate surface area is 98.5 Å². The maximum absolute atomic E-state index is 2.58. The Bertz CT molecular complexity index is 394. The van der Waals surface area contributed by atoms with Gasteiger partial charge < -0.3 is 4.90 Å². The van der Waals surface area contributed by atoms with Crippen molar-refractivity contribution < 1.29 is 0 Å². The van der Waals surface area contributed by atoms with Crippen molar-refractivity contribution in [3.05, 3.63) is 35.4 Å². The van der Waals surface area contributed by atoms with E-state index < -0.39 is 0 Å². The molecule has 2 unspecified atom stereocenters. The molecule has 0 bridgehead atoms. The van der Waals surface area contributed by atoms with Crippen LogP contribution in [0, 0.1) is 0 Å². The Balaban J connectivity index is 2.09. The summed E-state index contributed by atoms with van der Waals surface area (Å²) in [4.78, 5) is 2.58. The van der Waals surface area contributed by atoms with E-state index in [0.717, 1.165) is 6.04 Å². The highest BCUT2D eigenvalue weighted by atomic mass is 15.2. The predicted molar refractivity (Wildman–Crippen MR) is 67.8 cm³/mol. The lowest BCUT2D eigenvalue weighted by Crippen LogP contribution is -2.37. The first-order valence-electron chi connectivity index (χ1n) is 6.56. The van der Waals surface area contributed by atoms with Gasteiger partial charge in [-0.05, 0) is 44.0 Å². The molecule has 1 nitrogen and oxygen atoms in total. The van der Waals surface area contributed by atoms with Gasteiger partial charge in [0.25, 0.3) is 0 Å². The molecular weight excluding hydrogens is 194 g/mol. The zero-order valence-corrected chi connectivity index (χ0v) is 10.4. The van der Waals surface area contributed by atoms with Gasteiger partial charge in [-0.25, -0.2) is 0 Å². The van der Waals surface area contributed by atoms with Crippen molar-refractivity contribution in [3.63, 3.8) is 0 Å². The van der Waals surface area contributed by atoms with Crippen LogP contribution in [-0.4, -0.2) is 24.5 Å². The smallest absolute Gasteiger partial charge is 0.0230 e. The van der Waals surface area contributed by atoms with E-state index in [9.17, 15) is 0 Å². The third kappa shape index (κ3) is 1.21. The molecule has 1 aliphatic carbocycles. The molecule has 86 valence electrons. The van der Waals surface area contributed by atoms with Crippen LogP contribution in [0.15, 0.2) is 24.3 Å². The molecule has 2 aliphatic rings. The van der Waals surface area contributed by atoms with Crippen LogP contribution in [0.3, 0.4) is 0 Å². The highest BCUT2D eigenvalue weighted by Crippen LogP contribution is 2.50. The first-order chi connectivity index (χ1) is 7.78. The molecule has 0 aromatic heterocycles. The summed E-state index contributed by atoms with van der Waals surface area (Å²) in [5.74, 6) is 0. The van der Waals surface area contributed by atoms with Crippen LogP contribution in [0.4, 0.5) is 0 Å². The number of fused-ring (bicyclic) bond motifs is 3. The van der Waals surface area contributed by atoms with Crippen LogP contribution >= 0.6 is 0 Å². The molecule has 16 heavy (non-hydrogen) atoms. The normalized spacial score (nSPS) is 32.8. The van der Waals surface area contributed by atoms with Crippen LogP contribution in [0.5, 0.6) is 0 Å². The minimum Gasteiger partial charge on any atom is -0.302 e. The lowest BCUT2D eigenvalue weighted by molar-refractivity contribution is 0.250. The topological polar surface area (TPSA) is 3.24 Å². The largest absolute Gasteiger partial charge is 0.302 e. The maximum atomic E-state index is 2.58. The summed E-state index contributed by atoms with van der Waals surface area (Å²) < 4.78 is 0. The van der Waals surface area contributed by atoms with Crippen LogP contribution in [-0.2, 0) is 11.8 Å². The number of rotatable bonds is 2. The molecule has 1 saturated heterocycles. The second kappa shape index (κ2) is 3.59. The van der Waals surface area contributed by atoms with Gasteiger partial charge in [-0.1, -0.05) is 37.6 Å². The zero-order valence-electron chi connectivity index (χ0n) is 10.4. The van der Waals surface area contributed by atoms with Gasteiger partial charge in [-0.3, -0.25) is 0 Å². The lowest BCUT2D eigenvalue weighted by Gasteiger charge is -2.32.